The molecule has 1 aromatic carbocycles. The molecule has 0 aliphatic rings. The zero-order chi connectivity index (χ0) is 14.6. The van der Waals surface area contributed by atoms with Gasteiger partial charge in [-0.3, -0.25) is 14.9 Å². The first-order valence-electron chi connectivity index (χ1n) is 5.17. The van der Waals surface area contributed by atoms with Crippen molar-refractivity contribution in [2.75, 3.05) is 0 Å². The lowest BCUT2D eigenvalue weighted by Gasteiger charge is -2.10. The van der Waals surface area contributed by atoms with Gasteiger partial charge in [-0.1, -0.05) is 28.1 Å². The average molecular weight is 328 g/mol. The van der Waals surface area contributed by atoms with E-state index in [1.807, 2.05) is 0 Å². The number of nitro benzene ring substituents is 1. The second-order valence-electron chi connectivity index (χ2n) is 3.68. The van der Waals surface area contributed by atoms with Crippen molar-refractivity contribution < 1.29 is 19.6 Å². The Kier molecular flexibility index (Phi) is 4.94. The summed E-state index contributed by atoms with van der Waals surface area (Å²) in [6.07, 6.45) is 1.92. The quantitative estimate of drug-likeness (QED) is 0.388. The van der Waals surface area contributed by atoms with Crippen LogP contribution in [0.15, 0.2) is 24.3 Å². The summed E-state index contributed by atoms with van der Waals surface area (Å²) in [5.41, 5.74) is 0.215. The monoisotopic (exact) mass is 327 g/mol. The zero-order valence-electron chi connectivity index (χ0n) is 9.87. The Bertz CT molecular complexity index is 567. The van der Waals surface area contributed by atoms with Crippen molar-refractivity contribution in [2.45, 2.75) is 11.8 Å². The maximum atomic E-state index is 11.4. The van der Waals surface area contributed by atoms with E-state index in [1.54, 1.807) is 0 Å². The molecule has 19 heavy (non-hydrogen) atoms. The van der Waals surface area contributed by atoms with Gasteiger partial charge in [-0.05, 0) is 18.6 Å². The van der Waals surface area contributed by atoms with E-state index in [9.17, 15) is 19.7 Å². The molecule has 0 saturated heterocycles. The highest BCUT2D eigenvalue weighted by atomic mass is 79.9. The number of aliphatic carboxylic acids is 1. The summed E-state index contributed by atoms with van der Waals surface area (Å²) in [4.78, 5) is 31.5. The Morgan fingerprint density at radius 3 is 2.58 bits per heavy atom. The van der Waals surface area contributed by atoms with Crippen LogP contribution in [0, 0.1) is 10.1 Å². The molecule has 0 aliphatic carbocycles. The number of nitrogens with zero attached hydrogens (tertiary/aromatic N) is 1. The van der Waals surface area contributed by atoms with Gasteiger partial charge in [0.25, 0.3) is 5.69 Å². The lowest BCUT2D eigenvalue weighted by molar-refractivity contribution is -0.385. The third kappa shape index (κ3) is 3.72. The Hall–Kier alpha value is -2.02. The average Bonchev–Trinajstić information content (AvgIpc) is 2.34. The minimum atomic E-state index is -1.22. The zero-order valence-corrected chi connectivity index (χ0v) is 11.5. The number of carbonyl (C=O) groups is 2. The van der Waals surface area contributed by atoms with Crippen molar-refractivity contribution in [1.82, 2.24) is 0 Å². The number of carboxylic acids is 1. The van der Waals surface area contributed by atoms with Gasteiger partial charge >= 0.3 is 5.97 Å². The Morgan fingerprint density at radius 1 is 1.47 bits per heavy atom. The van der Waals surface area contributed by atoms with Gasteiger partial charge in [0.05, 0.1) is 15.3 Å². The van der Waals surface area contributed by atoms with Gasteiger partial charge in [-0.25, -0.2) is 4.79 Å². The predicted octanol–water partition coefficient (Wildman–Crippen LogP) is 2.72. The molecular formula is C12H10BrNO5. The topological polar surface area (TPSA) is 97.5 Å². The second kappa shape index (κ2) is 6.24. The van der Waals surface area contributed by atoms with E-state index < -0.39 is 15.7 Å². The third-order valence-corrected chi connectivity index (χ3v) is 3.47. The maximum absolute atomic E-state index is 11.4. The fourth-order valence-corrected chi connectivity index (χ4v) is 1.91. The van der Waals surface area contributed by atoms with Crippen molar-refractivity contribution in [3.8, 4) is 0 Å². The normalized spacial score (nSPS) is 12.3. The van der Waals surface area contributed by atoms with Gasteiger partial charge in [-0.15, -0.1) is 0 Å². The van der Waals surface area contributed by atoms with E-state index in [0.29, 0.717) is 5.56 Å². The number of benzene rings is 1. The first-order valence-corrected chi connectivity index (χ1v) is 6.09. The van der Waals surface area contributed by atoms with Crippen LogP contribution in [-0.2, 0) is 9.59 Å². The third-order valence-electron chi connectivity index (χ3n) is 2.34. The van der Waals surface area contributed by atoms with Gasteiger partial charge in [0.1, 0.15) is 5.78 Å². The predicted molar refractivity (Wildman–Crippen MR) is 72.1 cm³/mol. The highest BCUT2D eigenvalue weighted by Gasteiger charge is 2.22. The number of hydrogen-bond acceptors (Lipinski definition) is 4. The van der Waals surface area contributed by atoms with E-state index in [0.717, 1.165) is 12.2 Å². The molecule has 1 unspecified atom stereocenters. The molecule has 0 heterocycles. The molecule has 1 rings (SSSR count). The molecule has 1 aromatic rings. The van der Waals surface area contributed by atoms with Crippen LogP contribution in [0.25, 0.3) is 6.08 Å². The van der Waals surface area contributed by atoms with Gasteiger partial charge in [-0.2, -0.15) is 0 Å². The van der Waals surface area contributed by atoms with E-state index >= 15 is 0 Å². The summed E-state index contributed by atoms with van der Waals surface area (Å²) in [6.45, 7) is 1.34. The lowest BCUT2D eigenvalue weighted by atomic mass is 10.0. The fourth-order valence-electron chi connectivity index (χ4n) is 1.51. The Balaban J connectivity index is 3.46. The SMILES string of the molecule is CC(=O)C(Br)c1cccc([N+](=O)[O-])c1C=CC(=O)O. The number of alkyl halides is 1. The van der Waals surface area contributed by atoms with Gasteiger partial charge in [0, 0.05) is 12.1 Å². The van der Waals surface area contributed by atoms with Crippen LogP contribution in [0.3, 0.4) is 0 Å². The molecule has 6 nitrogen and oxygen atoms in total. The molecule has 0 fully saturated rings. The summed E-state index contributed by atoms with van der Waals surface area (Å²) < 4.78 is 0. The summed E-state index contributed by atoms with van der Waals surface area (Å²) in [6, 6.07) is 4.24. The maximum Gasteiger partial charge on any atom is 0.328 e. The van der Waals surface area contributed by atoms with Gasteiger partial charge in [0.2, 0.25) is 0 Å². The van der Waals surface area contributed by atoms with Crippen LogP contribution < -0.4 is 0 Å². The molecule has 0 radical (unpaired) electrons. The van der Waals surface area contributed by atoms with Crippen LogP contribution >= 0.6 is 15.9 Å². The molecule has 100 valence electrons. The van der Waals surface area contributed by atoms with Crippen molar-refractivity contribution in [3.63, 3.8) is 0 Å². The molecule has 0 saturated carbocycles. The molecule has 0 aromatic heterocycles. The number of Topliss-reactive ketones (excluding diaryl/α,β-unsaturated/α-hetero) is 1. The Labute approximate surface area is 117 Å². The van der Waals surface area contributed by atoms with E-state index in [1.165, 1.54) is 25.1 Å². The van der Waals surface area contributed by atoms with Crippen molar-refractivity contribution in [1.29, 1.82) is 0 Å². The molecule has 1 atom stereocenters. The van der Waals surface area contributed by atoms with Crippen molar-refractivity contribution >= 4 is 39.4 Å². The molecule has 0 bridgehead atoms. The smallest absolute Gasteiger partial charge is 0.328 e. The van der Waals surface area contributed by atoms with Gasteiger partial charge < -0.3 is 5.11 Å². The van der Waals surface area contributed by atoms with E-state index in [4.69, 9.17) is 5.11 Å². The minimum absolute atomic E-state index is 0.104. The number of carboxylic acid groups (broad SMARTS) is 1. The summed E-state index contributed by atoms with van der Waals surface area (Å²) in [7, 11) is 0. The molecular weight excluding hydrogens is 318 g/mol. The highest BCUT2D eigenvalue weighted by molar-refractivity contribution is 9.09. The Morgan fingerprint density at radius 2 is 2.11 bits per heavy atom. The molecule has 0 amide bonds. The number of rotatable bonds is 5. The largest absolute Gasteiger partial charge is 0.478 e. The summed E-state index contributed by atoms with van der Waals surface area (Å²) in [5.74, 6) is -1.46. The highest BCUT2D eigenvalue weighted by Crippen LogP contribution is 2.33. The van der Waals surface area contributed by atoms with E-state index in [2.05, 4.69) is 15.9 Å². The van der Waals surface area contributed by atoms with Crippen LogP contribution in [0.5, 0.6) is 0 Å². The lowest BCUT2D eigenvalue weighted by Crippen LogP contribution is -2.05. The fraction of sp³-hybridized carbons (Fsp3) is 0.167. The first-order chi connectivity index (χ1) is 8.84. The van der Waals surface area contributed by atoms with E-state index in [-0.39, 0.29) is 17.0 Å². The second-order valence-corrected chi connectivity index (χ2v) is 4.60. The standard InChI is InChI=1S/C12H10BrNO5/c1-7(15)12(13)9-3-2-4-10(14(18)19)8(9)5-6-11(16)17/h2-6,12H,1H3,(H,16,17). The van der Waals surface area contributed by atoms with Crippen LogP contribution in [0.1, 0.15) is 22.9 Å². The van der Waals surface area contributed by atoms with Crippen LogP contribution in [0.4, 0.5) is 5.69 Å². The molecule has 1 N–H and O–H groups in total. The number of ketones is 1. The van der Waals surface area contributed by atoms with Crippen molar-refractivity contribution in [3.05, 3.63) is 45.5 Å². The molecule has 0 spiro atoms. The number of nitro groups is 1. The summed E-state index contributed by atoms with van der Waals surface area (Å²) in [5, 5.41) is 19.5. The van der Waals surface area contributed by atoms with Crippen LogP contribution in [-0.4, -0.2) is 21.8 Å². The minimum Gasteiger partial charge on any atom is -0.478 e. The summed E-state index contributed by atoms with van der Waals surface area (Å²) >= 11 is 3.14. The number of carbonyl (C=O) groups excluding carboxylic acids is 1. The van der Waals surface area contributed by atoms with Gasteiger partial charge in [0.15, 0.2) is 0 Å². The van der Waals surface area contributed by atoms with Crippen LogP contribution in [0.2, 0.25) is 0 Å². The molecule has 0 aliphatic heterocycles. The number of halogens is 1. The molecule has 7 heteroatoms. The van der Waals surface area contributed by atoms with Crippen molar-refractivity contribution in [2.24, 2.45) is 0 Å². The first kappa shape index (κ1) is 15.0. The number of hydrogen-bond donors (Lipinski definition) is 1.